The van der Waals surface area contributed by atoms with Crippen molar-refractivity contribution in [3.8, 4) is 11.4 Å². The van der Waals surface area contributed by atoms with E-state index in [0.29, 0.717) is 12.5 Å². The minimum atomic E-state index is 0.0317. The number of imidazole rings is 1. The van der Waals surface area contributed by atoms with Gasteiger partial charge in [0.1, 0.15) is 5.82 Å². The van der Waals surface area contributed by atoms with Crippen LogP contribution in [0.5, 0.6) is 0 Å². The summed E-state index contributed by atoms with van der Waals surface area (Å²) in [5.41, 5.74) is 3.42. The molecular formula is C24H28N4O. The van der Waals surface area contributed by atoms with E-state index < -0.39 is 0 Å². The van der Waals surface area contributed by atoms with Gasteiger partial charge >= 0.3 is 6.03 Å². The molecule has 0 spiro atoms. The summed E-state index contributed by atoms with van der Waals surface area (Å²) in [6.45, 7) is 5.17. The number of piperidine rings is 1. The molecule has 0 aliphatic carbocycles. The first-order chi connectivity index (χ1) is 14.2. The van der Waals surface area contributed by atoms with E-state index in [-0.39, 0.29) is 6.03 Å². The summed E-state index contributed by atoms with van der Waals surface area (Å²) < 4.78 is 2.30. The Labute approximate surface area is 172 Å². The van der Waals surface area contributed by atoms with Crippen LogP contribution in [0.4, 0.5) is 4.79 Å². The largest absolute Gasteiger partial charge is 0.334 e. The molecule has 0 bridgehead atoms. The van der Waals surface area contributed by atoms with Crippen LogP contribution in [0.25, 0.3) is 11.4 Å². The second-order valence-corrected chi connectivity index (χ2v) is 7.80. The fraction of sp³-hybridized carbons (Fsp3) is 0.333. The van der Waals surface area contributed by atoms with E-state index in [2.05, 4.69) is 33.9 Å². The van der Waals surface area contributed by atoms with Crippen LogP contribution in [0, 0.1) is 12.8 Å². The van der Waals surface area contributed by atoms with E-state index in [4.69, 9.17) is 0 Å². The second kappa shape index (κ2) is 8.95. The summed E-state index contributed by atoms with van der Waals surface area (Å²) in [6, 6.07) is 20.4. The summed E-state index contributed by atoms with van der Waals surface area (Å²) in [6.07, 6.45) is 4.11. The number of carbonyl (C=O) groups is 1. The molecule has 1 N–H and O–H groups in total. The van der Waals surface area contributed by atoms with E-state index in [9.17, 15) is 4.79 Å². The lowest BCUT2D eigenvalue weighted by atomic mass is 9.98. The maximum atomic E-state index is 12.7. The lowest BCUT2D eigenvalue weighted by molar-refractivity contribution is 0.159. The summed E-state index contributed by atoms with van der Waals surface area (Å²) in [4.78, 5) is 19.3. The van der Waals surface area contributed by atoms with Gasteiger partial charge in [0.05, 0.1) is 0 Å². The zero-order valence-electron chi connectivity index (χ0n) is 16.9. The van der Waals surface area contributed by atoms with Gasteiger partial charge in [-0.25, -0.2) is 9.78 Å². The van der Waals surface area contributed by atoms with Crippen LogP contribution in [-0.4, -0.2) is 33.6 Å². The van der Waals surface area contributed by atoms with Gasteiger partial charge in [-0.05, 0) is 31.2 Å². The molecule has 1 unspecified atom stereocenters. The molecule has 150 valence electrons. The number of nitrogens with one attached hydrogen (secondary N) is 1. The Kier molecular flexibility index (Phi) is 5.94. The third-order valence-electron chi connectivity index (χ3n) is 5.62. The molecule has 0 radical (unpaired) electrons. The minimum absolute atomic E-state index is 0.0317. The summed E-state index contributed by atoms with van der Waals surface area (Å²) in [7, 11) is 0. The first-order valence-corrected chi connectivity index (χ1v) is 10.3. The quantitative estimate of drug-likeness (QED) is 0.701. The van der Waals surface area contributed by atoms with Gasteiger partial charge in [0.25, 0.3) is 0 Å². The van der Waals surface area contributed by atoms with Gasteiger partial charge in [-0.1, -0.05) is 60.7 Å². The molecule has 2 aromatic carbocycles. The molecule has 5 heteroatoms. The van der Waals surface area contributed by atoms with E-state index in [1.807, 2.05) is 59.6 Å². The first-order valence-electron chi connectivity index (χ1n) is 10.3. The lowest BCUT2D eigenvalue weighted by Crippen LogP contribution is -2.46. The fourth-order valence-electron chi connectivity index (χ4n) is 4.05. The normalized spacial score (nSPS) is 16.6. The molecule has 2 amide bonds. The molecule has 0 saturated carbocycles. The van der Waals surface area contributed by atoms with Gasteiger partial charge < -0.3 is 14.8 Å². The van der Waals surface area contributed by atoms with Gasteiger partial charge in [0.2, 0.25) is 0 Å². The number of aromatic nitrogens is 2. The Morgan fingerprint density at radius 3 is 2.59 bits per heavy atom. The van der Waals surface area contributed by atoms with E-state index in [0.717, 1.165) is 55.1 Å². The first kappa shape index (κ1) is 19.2. The maximum Gasteiger partial charge on any atom is 0.317 e. The number of likely N-dealkylation sites (tertiary alicyclic amines) is 1. The number of hydrogen-bond donors (Lipinski definition) is 1. The molecular weight excluding hydrogens is 360 g/mol. The van der Waals surface area contributed by atoms with Crippen molar-refractivity contribution in [1.29, 1.82) is 0 Å². The van der Waals surface area contributed by atoms with Gasteiger partial charge in [-0.2, -0.15) is 0 Å². The molecule has 1 aliphatic rings. The fourth-order valence-corrected chi connectivity index (χ4v) is 4.05. The number of carbonyl (C=O) groups excluding carboxylic acids is 1. The molecule has 1 aromatic heterocycles. The predicted molar refractivity (Wildman–Crippen MR) is 115 cm³/mol. The summed E-state index contributed by atoms with van der Waals surface area (Å²) >= 11 is 0. The molecule has 29 heavy (non-hydrogen) atoms. The number of hydrogen-bond acceptors (Lipinski definition) is 2. The van der Waals surface area contributed by atoms with Crippen LogP contribution in [0.15, 0.2) is 66.9 Å². The zero-order valence-corrected chi connectivity index (χ0v) is 16.9. The Morgan fingerprint density at radius 2 is 1.83 bits per heavy atom. The highest BCUT2D eigenvalue weighted by molar-refractivity contribution is 5.74. The predicted octanol–water partition coefficient (Wildman–Crippen LogP) is 4.48. The van der Waals surface area contributed by atoms with Gasteiger partial charge in [-0.15, -0.1) is 0 Å². The van der Waals surface area contributed by atoms with Crippen molar-refractivity contribution in [2.45, 2.75) is 32.9 Å². The summed E-state index contributed by atoms with van der Waals surface area (Å²) in [5.74, 6) is 1.44. The Bertz CT molecular complexity index is 936. The maximum absolute atomic E-state index is 12.7. The van der Waals surface area contributed by atoms with Crippen molar-refractivity contribution in [3.05, 3.63) is 78.1 Å². The van der Waals surface area contributed by atoms with Crippen LogP contribution >= 0.6 is 0 Å². The molecule has 1 saturated heterocycles. The van der Waals surface area contributed by atoms with Crippen LogP contribution in [-0.2, 0) is 13.1 Å². The summed E-state index contributed by atoms with van der Waals surface area (Å²) in [5, 5.41) is 3.06. The minimum Gasteiger partial charge on any atom is -0.334 e. The number of urea groups is 1. The highest BCUT2D eigenvalue weighted by atomic mass is 16.2. The second-order valence-electron chi connectivity index (χ2n) is 7.80. The molecule has 3 aromatic rings. The van der Waals surface area contributed by atoms with Crippen LogP contribution in [0.2, 0.25) is 0 Å². The Hall–Kier alpha value is -3.08. The van der Waals surface area contributed by atoms with Crippen LogP contribution < -0.4 is 5.32 Å². The van der Waals surface area contributed by atoms with Crippen molar-refractivity contribution in [2.24, 2.45) is 5.92 Å². The average Bonchev–Trinajstić information content (AvgIpc) is 3.13. The van der Waals surface area contributed by atoms with Gasteiger partial charge in [0, 0.05) is 43.6 Å². The van der Waals surface area contributed by atoms with Crippen molar-refractivity contribution in [2.75, 3.05) is 13.1 Å². The molecule has 5 nitrogen and oxygen atoms in total. The molecule has 2 heterocycles. The van der Waals surface area contributed by atoms with Gasteiger partial charge in [0.15, 0.2) is 0 Å². The van der Waals surface area contributed by atoms with Crippen molar-refractivity contribution in [1.82, 2.24) is 19.8 Å². The van der Waals surface area contributed by atoms with E-state index in [1.54, 1.807) is 0 Å². The lowest BCUT2D eigenvalue weighted by Gasteiger charge is -2.33. The van der Waals surface area contributed by atoms with Crippen LogP contribution in [0.3, 0.4) is 0 Å². The average molecular weight is 389 g/mol. The van der Waals surface area contributed by atoms with Gasteiger partial charge in [-0.3, -0.25) is 0 Å². The molecule has 1 atom stereocenters. The SMILES string of the molecule is Cc1cnc(-c2ccccc2)n1CC1CCCN(C(=O)NCc2ccccc2)C1. The van der Waals surface area contributed by atoms with Crippen molar-refractivity contribution < 1.29 is 4.79 Å². The Morgan fingerprint density at radius 1 is 1.10 bits per heavy atom. The van der Waals surface area contributed by atoms with E-state index >= 15 is 0 Å². The zero-order chi connectivity index (χ0) is 20.1. The topological polar surface area (TPSA) is 50.2 Å². The van der Waals surface area contributed by atoms with Crippen molar-refractivity contribution >= 4 is 6.03 Å². The Balaban J connectivity index is 1.39. The number of nitrogens with zero attached hydrogens (tertiary/aromatic N) is 3. The highest BCUT2D eigenvalue weighted by Gasteiger charge is 2.25. The van der Waals surface area contributed by atoms with Crippen molar-refractivity contribution in [3.63, 3.8) is 0 Å². The standard InChI is InChI=1S/C24H28N4O/c1-19-15-25-23(22-12-6-3-7-13-22)28(19)18-21-11-8-14-27(17-21)24(29)26-16-20-9-4-2-5-10-20/h2-7,9-10,12-13,15,21H,8,11,14,16-18H2,1H3,(H,26,29). The smallest absolute Gasteiger partial charge is 0.317 e. The number of benzene rings is 2. The monoisotopic (exact) mass is 388 g/mol. The molecule has 4 rings (SSSR count). The molecule has 1 aliphatic heterocycles. The highest BCUT2D eigenvalue weighted by Crippen LogP contribution is 2.24. The van der Waals surface area contributed by atoms with Crippen LogP contribution in [0.1, 0.15) is 24.1 Å². The number of rotatable bonds is 5. The third-order valence-corrected chi connectivity index (χ3v) is 5.62. The third kappa shape index (κ3) is 4.67. The number of amides is 2. The number of aryl methyl sites for hydroxylation is 1. The van der Waals surface area contributed by atoms with E-state index in [1.165, 1.54) is 0 Å². The molecule has 1 fully saturated rings.